The normalized spacial score (nSPS) is 13.4. The van der Waals surface area contributed by atoms with Crippen molar-refractivity contribution in [3.8, 4) is 0 Å². The van der Waals surface area contributed by atoms with Crippen molar-refractivity contribution >= 4 is 40.1 Å². The van der Waals surface area contributed by atoms with Crippen molar-refractivity contribution in [3.05, 3.63) is 155 Å². The summed E-state index contributed by atoms with van der Waals surface area (Å²) in [6, 6.07) is 28.5. The van der Waals surface area contributed by atoms with Gasteiger partial charge in [-0.1, -0.05) is 109 Å². The molecule has 0 aliphatic heterocycles. The summed E-state index contributed by atoms with van der Waals surface area (Å²) >= 11 is 0. The third kappa shape index (κ3) is 8.16. The van der Waals surface area contributed by atoms with E-state index in [0.29, 0.717) is 27.8 Å². The van der Waals surface area contributed by atoms with E-state index in [2.05, 4.69) is 0 Å². The van der Waals surface area contributed by atoms with Crippen LogP contribution in [0.25, 0.3) is 0 Å². The monoisotopic (exact) mass is 766 g/mol. The highest BCUT2D eigenvalue weighted by Crippen LogP contribution is 2.33. The number of sulfonamides is 4. The zero-order valence-corrected chi connectivity index (χ0v) is 31.7. The first-order valence-corrected chi connectivity index (χ1v) is 21.6. The van der Waals surface area contributed by atoms with Crippen molar-refractivity contribution in [2.75, 3.05) is 6.54 Å². The van der Waals surface area contributed by atoms with Gasteiger partial charge in [-0.05, 0) is 88.2 Å². The molecule has 0 saturated carbocycles. The molecule has 0 spiro atoms. The summed E-state index contributed by atoms with van der Waals surface area (Å²) in [5.41, 5.74) is 3.28. The van der Waals surface area contributed by atoms with Crippen LogP contribution in [-0.4, -0.2) is 53.7 Å². The molecule has 5 aromatic rings. The molecule has 0 aliphatic rings. The molecule has 51 heavy (non-hydrogen) atoms. The van der Waals surface area contributed by atoms with E-state index >= 15 is 0 Å². The zero-order valence-electron chi connectivity index (χ0n) is 28.4. The fourth-order valence-electron chi connectivity index (χ4n) is 5.39. The highest BCUT2D eigenvalue weighted by atomic mass is 32.3. The van der Waals surface area contributed by atoms with Crippen LogP contribution in [0.2, 0.25) is 0 Å². The van der Waals surface area contributed by atoms with Gasteiger partial charge >= 0.3 is 0 Å². The third-order valence-electron chi connectivity index (χ3n) is 8.26. The average Bonchev–Trinajstić information content (AvgIpc) is 3.08. The van der Waals surface area contributed by atoms with Crippen molar-refractivity contribution in [1.82, 2.24) is 7.42 Å². The van der Waals surface area contributed by atoms with E-state index < -0.39 is 52.7 Å². The maximum Gasteiger partial charge on any atom is 0.256 e. The lowest BCUT2D eigenvalue weighted by atomic mass is 10.1. The van der Waals surface area contributed by atoms with Crippen LogP contribution in [0.4, 0.5) is 0 Å². The van der Waals surface area contributed by atoms with Crippen LogP contribution in [0.1, 0.15) is 27.8 Å². The molecule has 0 fully saturated rings. The molecule has 0 radical (unpaired) electrons. The molecule has 5 aromatic carbocycles. The molecule has 0 amide bonds. The second kappa shape index (κ2) is 14.8. The Bertz CT molecular complexity index is 2280. The Morgan fingerprint density at radius 1 is 0.412 bits per heavy atom. The van der Waals surface area contributed by atoms with Crippen LogP contribution in [0.15, 0.2) is 147 Å². The Morgan fingerprint density at radius 2 is 0.706 bits per heavy atom. The summed E-state index contributed by atoms with van der Waals surface area (Å²) in [5.74, 6) is 0. The van der Waals surface area contributed by atoms with Crippen LogP contribution in [-0.2, 0) is 46.5 Å². The number of rotatable bonds is 13. The maximum absolute atomic E-state index is 14.7. The van der Waals surface area contributed by atoms with Gasteiger partial charge < -0.3 is 0 Å². The van der Waals surface area contributed by atoms with Gasteiger partial charge in [-0.3, -0.25) is 0 Å². The van der Waals surface area contributed by atoms with Gasteiger partial charge in [-0.25, -0.2) is 33.7 Å². The van der Waals surface area contributed by atoms with Crippen LogP contribution in [0, 0.1) is 27.7 Å². The second-order valence-electron chi connectivity index (χ2n) is 12.3. The fraction of sp³-hybridized carbons (Fsp3) is 0.189. The standard InChI is InChI=1S/C37H38N2O8S4/c1-28-10-18-34(19-11-28)48(40,41)38(49(42,43)35-20-12-29(2)13-21-35)27-33(26-32-8-6-5-7-9-32)39(50(44,45)36-22-14-30(3)15-23-36)51(46,47)37-24-16-31(4)17-25-37/h5-25,33H,26-27H2,1-4H3. The Labute approximate surface area is 301 Å². The molecule has 0 aromatic heterocycles. The number of hydrogen-bond donors (Lipinski definition) is 0. The van der Waals surface area contributed by atoms with E-state index in [1.807, 2.05) is 0 Å². The number of hydrogen-bond acceptors (Lipinski definition) is 8. The smallest absolute Gasteiger partial charge is 0.206 e. The summed E-state index contributed by atoms with van der Waals surface area (Å²) in [6.45, 7) is 5.85. The quantitative estimate of drug-likeness (QED) is 0.142. The topological polar surface area (TPSA) is 143 Å². The predicted molar refractivity (Wildman–Crippen MR) is 196 cm³/mol. The van der Waals surface area contributed by atoms with Crippen LogP contribution >= 0.6 is 0 Å². The molecule has 0 bridgehead atoms. The van der Waals surface area contributed by atoms with Crippen LogP contribution in [0.3, 0.4) is 0 Å². The minimum absolute atomic E-state index is 0.214. The predicted octanol–water partition coefficient (Wildman–Crippen LogP) is 5.99. The van der Waals surface area contributed by atoms with Gasteiger partial charge in [0.15, 0.2) is 0 Å². The first-order chi connectivity index (χ1) is 23.9. The fourth-order valence-corrected chi connectivity index (χ4v) is 13.1. The van der Waals surface area contributed by atoms with E-state index in [9.17, 15) is 33.7 Å². The maximum atomic E-state index is 14.7. The summed E-state index contributed by atoms with van der Waals surface area (Å²) in [7, 11) is -19.9. The molecule has 10 nitrogen and oxygen atoms in total. The van der Waals surface area contributed by atoms with Crippen molar-refractivity contribution in [2.24, 2.45) is 0 Å². The molecule has 1 unspecified atom stereocenters. The van der Waals surface area contributed by atoms with E-state index in [4.69, 9.17) is 0 Å². The minimum Gasteiger partial charge on any atom is -0.206 e. The van der Waals surface area contributed by atoms with Gasteiger partial charge in [0, 0.05) is 6.54 Å². The second-order valence-corrected chi connectivity index (χ2v) is 20.1. The van der Waals surface area contributed by atoms with Gasteiger partial charge in [0.05, 0.1) is 25.6 Å². The van der Waals surface area contributed by atoms with Crippen molar-refractivity contribution in [1.29, 1.82) is 0 Å². The lowest BCUT2D eigenvalue weighted by molar-refractivity contribution is 0.373. The van der Waals surface area contributed by atoms with E-state index in [0.717, 1.165) is 0 Å². The first kappa shape index (κ1) is 38.1. The highest BCUT2D eigenvalue weighted by molar-refractivity contribution is 8.04. The molecule has 0 saturated heterocycles. The van der Waals surface area contributed by atoms with Gasteiger partial charge in [-0.15, -0.1) is 0 Å². The van der Waals surface area contributed by atoms with Crippen LogP contribution in [0.5, 0.6) is 0 Å². The third-order valence-corrected chi connectivity index (χ3v) is 17.0. The zero-order chi connectivity index (χ0) is 37.2. The molecular weight excluding hydrogens is 729 g/mol. The van der Waals surface area contributed by atoms with Crippen molar-refractivity contribution in [2.45, 2.75) is 59.7 Å². The van der Waals surface area contributed by atoms with Gasteiger partial charge in [0.2, 0.25) is 0 Å². The molecule has 0 N–H and O–H groups in total. The molecule has 14 heteroatoms. The van der Waals surface area contributed by atoms with Gasteiger partial charge in [0.25, 0.3) is 40.1 Å². The van der Waals surface area contributed by atoms with Gasteiger partial charge in [0.1, 0.15) is 0 Å². The molecule has 268 valence electrons. The summed E-state index contributed by atoms with van der Waals surface area (Å²) in [5, 5.41) is 0. The minimum atomic E-state index is -5.00. The Hall–Kier alpha value is -4.18. The number of nitrogens with zero attached hydrogens (tertiary/aromatic N) is 2. The van der Waals surface area contributed by atoms with Crippen molar-refractivity contribution in [3.63, 3.8) is 0 Å². The number of benzene rings is 5. The first-order valence-electron chi connectivity index (χ1n) is 15.8. The lowest BCUT2D eigenvalue weighted by Gasteiger charge is -2.33. The summed E-state index contributed by atoms with van der Waals surface area (Å²) in [6.07, 6.45) is -0.375. The van der Waals surface area contributed by atoms with Crippen LogP contribution < -0.4 is 0 Å². The van der Waals surface area contributed by atoms with E-state index in [-0.39, 0.29) is 33.4 Å². The molecular formula is C37H38N2O8S4. The Balaban J connectivity index is 1.81. The lowest BCUT2D eigenvalue weighted by Crippen LogP contribution is -2.53. The Morgan fingerprint density at radius 3 is 1.02 bits per heavy atom. The highest BCUT2D eigenvalue weighted by Gasteiger charge is 2.47. The van der Waals surface area contributed by atoms with Crippen molar-refractivity contribution < 1.29 is 33.7 Å². The molecule has 0 aliphatic carbocycles. The molecule has 1 atom stereocenters. The number of aryl methyl sites for hydroxylation is 4. The van der Waals surface area contributed by atoms with Gasteiger partial charge in [-0.2, -0.15) is 0 Å². The SMILES string of the molecule is Cc1ccc(S(=O)(=O)N(CC(Cc2ccccc2)N(S(=O)(=O)c2ccc(C)cc2)S(=O)(=O)c2ccc(C)cc2)S(=O)(=O)c2ccc(C)cc2)cc1. The Kier molecular flexibility index (Phi) is 11.1. The van der Waals surface area contributed by atoms with E-state index in [1.165, 1.54) is 97.1 Å². The molecule has 0 heterocycles. The molecule has 5 rings (SSSR count). The summed E-state index contributed by atoms with van der Waals surface area (Å²) < 4.78 is 117. The average molecular weight is 767 g/mol. The van der Waals surface area contributed by atoms with E-state index in [1.54, 1.807) is 58.0 Å². The largest absolute Gasteiger partial charge is 0.256 e. The summed E-state index contributed by atoms with van der Waals surface area (Å²) in [4.78, 5) is -1.51.